The molecule has 1 aliphatic heterocycles. The van der Waals surface area contributed by atoms with Gasteiger partial charge in [0.1, 0.15) is 10.8 Å². The molecule has 3 aromatic rings. The summed E-state index contributed by atoms with van der Waals surface area (Å²) >= 11 is 5.94. The van der Waals surface area contributed by atoms with E-state index in [1.54, 1.807) is 23.2 Å². The molecule has 2 amide bonds. The molecule has 0 saturated carbocycles. The number of carbonyl (C=O) groups is 2. The van der Waals surface area contributed by atoms with Crippen molar-refractivity contribution in [2.24, 2.45) is 5.92 Å². The third kappa shape index (κ3) is 5.52. The van der Waals surface area contributed by atoms with Gasteiger partial charge in [0.05, 0.1) is 17.8 Å². The number of aromatic nitrogens is 2. The molecule has 1 fully saturated rings. The van der Waals surface area contributed by atoms with E-state index in [2.05, 4.69) is 15.3 Å². The van der Waals surface area contributed by atoms with Gasteiger partial charge < -0.3 is 25.4 Å². The number of amides is 2. The molecule has 1 aliphatic rings. The summed E-state index contributed by atoms with van der Waals surface area (Å²) < 4.78 is 0. The number of carbonyl (C=O) groups excluding carboxylic acids is 2. The second kappa shape index (κ2) is 10.3. The van der Waals surface area contributed by atoms with E-state index in [1.165, 1.54) is 0 Å². The zero-order valence-electron chi connectivity index (χ0n) is 18.1. The number of nitrogens with zero attached hydrogens (tertiary/aromatic N) is 2. The zero-order chi connectivity index (χ0) is 23.4. The monoisotopic (exact) mass is 470 g/mol. The van der Waals surface area contributed by atoms with Crippen molar-refractivity contribution >= 4 is 34.3 Å². The van der Waals surface area contributed by atoms with Crippen LogP contribution in [-0.4, -0.2) is 68.7 Å². The van der Waals surface area contributed by atoms with Crippen molar-refractivity contribution in [3.05, 3.63) is 65.1 Å². The quantitative estimate of drug-likeness (QED) is 0.394. The summed E-state index contributed by atoms with van der Waals surface area (Å²) in [6, 6.07) is 11.9. The number of hydrogen-bond acceptors (Lipinski definition) is 5. The fourth-order valence-electron chi connectivity index (χ4n) is 4.18. The Bertz CT molecular complexity index is 1110. The van der Waals surface area contributed by atoms with Gasteiger partial charge in [0.2, 0.25) is 0 Å². The van der Waals surface area contributed by atoms with Gasteiger partial charge in [-0.25, -0.2) is 4.98 Å². The molecular weight excluding hydrogens is 444 g/mol. The van der Waals surface area contributed by atoms with Crippen LogP contribution in [-0.2, 0) is 11.2 Å². The Labute approximate surface area is 196 Å². The normalized spacial score (nSPS) is 16.5. The van der Waals surface area contributed by atoms with Crippen molar-refractivity contribution in [1.82, 2.24) is 20.2 Å². The van der Waals surface area contributed by atoms with Crippen LogP contribution in [0.25, 0.3) is 10.9 Å². The first-order valence-corrected chi connectivity index (χ1v) is 11.4. The molecule has 174 valence electrons. The van der Waals surface area contributed by atoms with Crippen LogP contribution in [0.5, 0.6) is 0 Å². The Balaban J connectivity index is 1.52. The lowest BCUT2D eigenvalue weighted by Crippen LogP contribution is -2.54. The van der Waals surface area contributed by atoms with Crippen LogP contribution in [0.3, 0.4) is 0 Å². The smallest absolute Gasteiger partial charge is 0.268 e. The van der Waals surface area contributed by atoms with Crippen molar-refractivity contribution in [3.63, 3.8) is 0 Å². The molecule has 0 spiro atoms. The summed E-state index contributed by atoms with van der Waals surface area (Å²) in [5, 5.41) is 24.2. The summed E-state index contributed by atoms with van der Waals surface area (Å²) in [7, 11) is 0. The summed E-state index contributed by atoms with van der Waals surface area (Å²) in [5.41, 5.74) is 1.84. The average molecular weight is 471 g/mol. The van der Waals surface area contributed by atoms with Crippen molar-refractivity contribution in [1.29, 1.82) is 0 Å². The maximum Gasteiger partial charge on any atom is 0.268 e. The number of aliphatic hydroxyl groups excluding tert-OH is 2. The van der Waals surface area contributed by atoms with Crippen molar-refractivity contribution in [2.75, 3.05) is 19.7 Å². The molecular formula is C24H27ClN4O4. The Morgan fingerprint density at radius 2 is 1.94 bits per heavy atom. The molecule has 1 aromatic carbocycles. The minimum atomic E-state index is -1.40. The van der Waals surface area contributed by atoms with E-state index < -0.39 is 24.0 Å². The highest BCUT2D eigenvalue weighted by Gasteiger charge is 2.33. The molecule has 1 saturated heterocycles. The van der Waals surface area contributed by atoms with Gasteiger partial charge >= 0.3 is 0 Å². The number of H-pyrrole nitrogens is 1. The van der Waals surface area contributed by atoms with E-state index in [0.29, 0.717) is 43.0 Å². The second-order valence-electron chi connectivity index (χ2n) is 8.44. The van der Waals surface area contributed by atoms with Crippen LogP contribution in [0.15, 0.2) is 48.7 Å². The molecule has 3 heterocycles. The number of fused-ring (bicyclic) bond motifs is 1. The van der Waals surface area contributed by atoms with Crippen molar-refractivity contribution < 1.29 is 19.8 Å². The number of halogens is 1. The fraction of sp³-hybridized carbons (Fsp3) is 0.375. The van der Waals surface area contributed by atoms with E-state index in [0.717, 1.165) is 10.9 Å². The molecule has 0 aliphatic carbocycles. The predicted octanol–water partition coefficient (Wildman–Crippen LogP) is 2.15. The van der Waals surface area contributed by atoms with Gasteiger partial charge in [0.25, 0.3) is 11.8 Å². The lowest BCUT2D eigenvalue weighted by Gasteiger charge is -2.34. The highest BCUT2D eigenvalue weighted by molar-refractivity contribution is 6.30. The Morgan fingerprint density at radius 1 is 1.21 bits per heavy atom. The van der Waals surface area contributed by atoms with E-state index in [-0.39, 0.29) is 18.2 Å². The maximum atomic E-state index is 13.1. The van der Waals surface area contributed by atoms with Gasteiger partial charge in [-0.2, -0.15) is 0 Å². The molecule has 33 heavy (non-hydrogen) atoms. The number of hydrogen-bond donors (Lipinski definition) is 4. The van der Waals surface area contributed by atoms with Crippen LogP contribution in [0.1, 0.15) is 28.9 Å². The van der Waals surface area contributed by atoms with Gasteiger partial charge in [-0.1, -0.05) is 41.9 Å². The van der Waals surface area contributed by atoms with E-state index >= 15 is 0 Å². The third-order valence-electron chi connectivity index (χ3n) is 6.15. The van der Waals surface area contributed by atoms with Crippen LogP contribution in [0, 0.1) is 5.92 Å². The third-order valence-corrected chi connectivity index (χ3v) is 6.36. The fourth-order valence-corrected chi connectivity index (χ4v) is 4.34. The van der Waals surface area contributed by atoms with Crippen LogP contribution < -0.4 is 5.32 Å². The standard InChI is InChI=1S/C24H27ClN4O4/c25-21-12-17-11-19(27-20(17)13-26-21)23(32)28-18(10-15-4-2-1-3-5-15)22(31)24(33)29-8-6-16(14-30)7-9-29/h1-5,11-13,16,18,22,27,30-31H,6-10,14H2,(H,28,32)/t18-,22+/m0/s1. The zero-order valence-corrected chi connectivity index (χ0v) is 18.8. The maximum absolute atomic E-state index is 13.1. The lowest BCUT2D eigenvalue weighted by molar-refractivity contribution is -0.143. The van der Waals surface area contributed by atoms with Crippen molar-refractivity contribution in [3.8, 4) is 0 Å². The van der Waals surface area contributed by atoms with E-state index in [4.69, 9.17) is 11.6 Å². The second-order valence-corrected chi connectivity index (χ2v) is 8.83. The molecule has 2 atom stereocenters. The summed E-state index contributed by atoms with van der Waals surface area (Å²) in [6.07, 6.45) is 1.82. The van der Waals surface area contributed by atoms with Gasteiger partial charge in [0, 0.05) is 25.1 Å². The Hall–Kier alpha value is -2.94. The van der Waals surface area contributed by atoms with Crippen molar-refractivity contribution in [2.45, 2.75) is 31.4 Å². The van der Waals surface area contributed by atoms with Crippen LogP contribution in [0.4, 0.5) is 0 Å². The molecule has 0 bridgehead atoms. The van der Waals surface area contributed by atoms with Gasteiger partial charge in [-0.15, -0.1) is 0 Å². The van der Waals surface area contributed by atoms with E-state index in [1.807, 2.05) is 30.3 Å². The average Bonchev–Trinajstić information content (AvgIpc) is 3.27. The SMILES string of the molecule is O=C(N[C@@H](Cc1ccccc1)[C@@H](O)C(=O)N1CCC(CO)CC1)c1cc2cc(Cl)ncc2[nH]1. The number of aliphatic hydroxyl groups is 2. The highest BCUT2D eigenvalue weighted by atomic mass is 35.5. The number of nitrogens with one attached hydrogen (secondary N) is 2. The lowest BCUT2D eigenvalue weighted by atomic mass is 9.95. The highest BCUT2D eigenvalue weighted by Crippen LogP contribution is 2.20. The number of pyridine rings is 1. The molecule has 2 aromatic heterocycles. The van der Waals surface area contributed by atoms with E-state index in [9.17, 15) is 19.8 Å². The molecule has 4 rings (SSSR count). The number of piperidine rings is 1. The van der Waals surface area contributed by atoms with Crippen LogP contribution >= 0.6 is 11.6 Å². The summed E-state index contributed by atoms with van der Waals surface area (Å²) in [4.78, 5) is 34.7. The molecule has 8 nitrogen and oxygen atoms in total. The predicted molar refractivity (Wildman–Crippen MR) is 125 cm³/mol. The minimum absolute atomic E-state index is 0.0997. The molecule has 0 radical (unpaired) electrons. The first-order valence-electron chi connectivity index (χ1n) is 11.0. The molecule has 4 N–H and O–H groups in total. The molecule has 0 unspecified atom stereocenters. The minimum Gasteiger partial charge on any atom is -0.396 e. The largest absolute Gasteiger partial charge is 0.396 e. The Kier molecular flexibility index (Phi) is 7.27. The van der Waals surface area contributed by atoms with Gasteiger partial charge in [-0.3, -0.25) is 9.59 Å². The topological polar surface area (TPSA) is 119 Å². The van der Waals surface area contributed by atoms with Crippen LogP contribution in [0.2, 0.25) is 5.15 Å². The Morgan fingerprint density at radius 3 is 2.64 bits per heavy atom. The van der Waals surface area contributed by atoms with Gasteiger partial charge in [-0.05, 0) is 42.9 Å². The number of benzene rings is 1. The number of rotatable bonds is 7. The molecule has 9 heteroatoms. The number of aromatic amines is 1. The summed E-state index contributed by atoms with van der Waals surface area (Å²) in [5.74, 6) is -0.676. The summed E-state index contributed by atoms with van der Waals surface area (Å²) in [6.45, 7) is 1.05. The first kappa shape index (κ1) is 23.2. The first-order chi connectivity index (χ1) is 15.9. The van der Waals surface area contributed by atoms with Gasteiger partial charge in [0.15, 0.2) is 6.10 Å². The number of likely N-dealkylation sites (tertiary alicyclic amines) is 1.